The predicted molar refractivity (Wildman–Crippen MR) is 84.9 cm³/mol. The van der Waals surface area contributed by atoms with Crippen molar-refractivity contribution in [1.29, 1.82) is 0 Å². The number of halogens is 1. The largest absolute Gasteiger partial charge is 0.486 e. The van der Waals surface area contributed by atoms with Gasteiger partial charge in [-0.3, -0.25) is 4.68 Å². The zero-order valence-corrected chi connectivity index (χ0v) is 13.6. The first-order valence-corrected chi connectivity index (χ1v) is 8.07. The van der Waals surface area contributed by atoms with Crippen LogP contribution in [0.2, 0.25) is 5.02 Å². The fourth-order valence-electron chi connectivity index (χ4n) is 2.71. The van der Waals surface area contributed by atoms with Crippen molar-refractivity contribution in [2.75, 3.05) is 13.2 Å². The molecule has 1 aromatic carbocycles. The number of hydrogen-bond acceptors (Lipinski definition) is 4. The van der Waals surface area contributed by atoms with E-state index < -0.39 is 0 Å². The fraction of sp³-hybridized carbons (Fsp3) is 0.500. The molecule has 1 aromatic heterocycles. The summed E-state index contributed by atoms with van der Waals surface area (Å²) in [6.07, 6.45) is 3.78. The van der Waals surface area contributed by atoms with Crippen molar-refractivity contribution in [2.24, 2.45) is 0 Å². The molecule has 1 aliphatic rings. The SMILES string of the molecule is CCC(Cc1cn(CC)nn1)c1cc2c(cc1Cl)OCCO2. The van der Waals surface area contributed by atoms with Crippen LogP contribution < -0.4 is 9.47 Å². The van der Waals surface area contributed by atoms with E-state index in [1.165, 1.54) is 0 Å². The van der Waals surface area contributed by atoms with E-state index in [-0.39, 0.29) is 5.92 Å². The Hall–Kier alpha value is -1.75. The molecule has 0 bridgehead atoms. The quantitative estimate of drug-likeness (QED) is 0.846. The maximum Gasteiger partial charge on any atom is 0.162 e. The summed E-state index contributed by atoms with van der Waals surface area (Å²) in [5.74, 6) is 1.79. The Kier molecular flexibility index (Phi) is 4.52. The molecule has 5 nitrogen and oxygen atoms in total. The predicted octanol–water partition coefficient (Wildman–Crippen LogP) is 3.46. The van der Waals surface area contributed by atoms with Crippen molar-refractivity contribution in [1.82, 2.24) is 15.0 Å². The zero-order valence-electron chi connectivity index (χ0n) is 12.9. The van der Waals surface area contributed by atoms with Gasteiger partial charge < -0.3 is 9.47 Å². The Morgan fingerprint density at radius 1 is 1.23 bits per heavy atom. The van der Waals surface area contributed by atoms with Gasteiger partial charge in [0.25, 0.3) is 0 Å². The number of fused-ring (bicyclic) bond motifs is 1. The molecule has 0 radical (unpaired) electrons. The van der Waals surface area contributed by atoms with Gasteiger partial charge in [-0.2, -0.15) is 0 Å². The van der Waals surface area contributed by atoms with Gasteiger partial charge in [0.15, 0.2) is 11.5 Å². The topological polar surface area (TPSA) is 49.2 Å². The van der Waals surface area contributed by atoms with Crippen LogP contribution in [0.15, 0.2) is 18.3 Å². The van der Waals surface area contributed by atoms with E-state index in [1.54, 1.807) is 0 Å². The van der Waals surface area contributed by atoms with E-state index in [9.17, 15) is 0 Å². The van der Waals surface area contributed by atoms with Crippen LogP contribution in [0.3, 0.4) is 0 Å². The van der Waals surface area contributed by atoms with Crippen molar-refractivity contribution in [3.05, 3.63) is 34.6 Å². The van der Waals surface area contributed by atoms with Crippen LogP contribution in [0.5, 0.6) is 11.5 Å². The summed E-state index contributed by atoms with van der Waals surface area (Å²) >= 11 is 6.46. The smallest absolute Gasteiger partial charge is 0.162 e. The van der Waals surface area contributed by atoms with Gasteiger partial charge in [-0.25, -0.2) is 0 Å². The Labute approximate surface area is 135 Å². The van der Waals surface area contributed by atoms with Gasteiger partial charge in [-0.1, -0.05) is 23.7 Å². The van der Waals surface area contributed by atoms with Crippen LogP contribution in [0.4, 0.5) is 0 Å². The number of ether oxygens (including phenoxy) is 2. The standard InChI is InChI=1S/C16H20ClN3O2/c1-3-11(7-12-10-20(4-2)19-18-12)13-8-15-16(9-14(13)17)22-6-5-21-15/h8-11H,3-7H2,1-2H3. The van der Waals surface area contributed by atoms with Crippen molar-refractivity contribution in [3.8, 4) is 11.5 Å². The number of hydrogen-bond donors (Lipinski definition) is 0. The first-order valence-electron chi connectivity index (χ1n) is 7.69. The fourth-order valence-corrected chi connectivity index (χ4v) is 3.01. The first-order chi connectivity index (χ1) is 10.7. The average molecular weight is 322 g/mol. The van der Waals surface area contributed by atoms with Gasteiger partial charge in [0.1, 0.15) is 13.2 Å². The lowest BCUT2D eigenvalue weighted by Gasteiger charge is -2.22. The van der Waals surface area contributed by atoms with Crippen molar-refractivity contribution < 1.29 is 9.47 Å². The number of nitrogens with zero attached hydrogens (tertiary/aromatic N) is 3. The van der Waals surface area contributed by atoms with Crippen LogP contribution in [0, 0.1) is 0 Å². The third-order valence-corrected chi connectivity index (χ3v) is 4.29. The van der Waals surface area contributed by atoms with Crippen LogP contribution >= 0.6 is 11.6 Å². The lowest BCUT2D eigenvalue weighted by molar-refractivity contribution is 0.171. The lowest BCUT2D eigenvalue weighted by atomic mass is 9.91. The van der Waals surface area contributed by atoms with E-state index in [4.69, 9.17) is 21.1 Å². The molecule has 0 aliphatic carbocycles. The average Bonchev–Trinajstić information content (AvgIpc) is 3.00. The van der Waals surface area contributed by atoms with Crippen LogP contribution in [0.1, 0.15) is 37.4 Å². The van der Waals surface area contributed by atoms with Crippen LogP contribution in [-0.2, 0) is 13.0 Å². The minimum absolute atomic E-state index is 0.283. The molecule has 1 aliphatic heterocycles. The highest BCUT2D eigenvalue weighted by atomic mass is 35.5. The van der Waals surface area contributed by atoms with Gasteiger partial charge in [0, 0.05) is 30.3 Å². The molecular formula is C16H20ClN3O2. The summed E-state index contributed by atoms with van der Waals surface area (Å²) in [4.78, 5) is 0. The van der Waals surface area contributed by atoms with Crippen LogP contribution in [-0.4, -0.2) is 28.2 Å². The second-order valence-corrected chi connectivity index (χ2v) is 5.80. The Balaban J connectivity index is 1.86. The highest BCUT2D eigenvalue weighted by Gasteiger charge is 2.21. The molecular weight excluding hydrogens is 302 g/mol. The van der Waals surface area contributed by atoms with E-state index >= 15 is 0 Å². The molecule has 22 heavy (non-hydrogen) atoms. The summed E-state index contributed by atoms with van der Waals surface area (Å²) in [5, 5.41) is 9.05. The minimum Gasteiger partial charge on any atom is -0.486 e. The van der Waals surface area contributed by atoms with E-state index in [2.05, 4.69) is 17.2 Å². The van der Waals surface area contributed by atoms with Crippen LogP contribution in [0.25, 0.3) is 0 Å². The second-order valence-electron chi connectivity index (χ2n) is 5.39. The highest BCUT2D eigenvalue weighted by Crippen LogP contribution is 2.39. The molecule has 1 unspecified atom stereocenters. The summed E-state index contributed by atoms with van der Waals surface area (Å²) in [6.45, 7) is 6.18. The maximum absolute atomic E-state index is 6.46. The number of aromatic nitrogens is 3. The third-order valence-electron chi connectivity index (χ3n) is 3.96. The Morgan fingerprint density at radius 2 is 1.95 bits per heavy atom. The number of benzene rings is 1. The molecule has 1 atom stereocenters. The van der Waals surface area contributed by atoms with Gasteiger partial charge in [0.05, 0.1) is 5.69 Å². The highest BCUT2D eigenvalue weighted by molar-refractivity contribution is 6.31. The molecule has 3 rings (SSSR count). The Bertz CT molecular complexity index is 657. The van der Waals surface area contributed by atoms with E-state index in [1.807, 2.05) is 29.9 Å². The summed E-state index contributed by atoms with van der Waals surface area (Å²) < 4.78 is 13.1. The molecule has 0 saturated heterocycles. The van der Waals surface area contributed by atoms with Gasteiger partial charge >= 0.3 is 0 Å². The minimum atomic E-state index is 0.283. The molecule has 2 heterocycles. The van der Waals surface area contributed by atoms with Gasteiger partial charge in [-0.05, 0) is 30.9 Å². The second kappa shape index (κ2) is 6.57. The first kappa shape index (κ1) is 15.2. The maximum atomic E-state index is 6.46. The molecule has 0 N–H and O–H groups in total. The molecule has 0 fully saturated rings. The number of aryl methyl sites for hydroxylation is 1. The monoisotopic (exact) mass is 321 g/mol. The number of rotatable bonds is 5. The molecule has 118 valence electrons. The summed E-state index contributed by atoms with van der Waals surface area (Å²) in [6, 6.07) is 3.87. The molecule has 0 spiro atoms. The molecule has 0 saturated carbocycles. The van der Waals surface area contributed by atoms with E-state index in [0.29, 0.717) is 13.2 Å². The summed E-state index contributed by atoms with van der Waals surface area (Å²) in [5.41, 5.74) is 2.07. The van der Waals surface area contributed by atoms with Crippen molar-refractivity contribution in [2.45, 2.75) is 39.2 Å². The van der Waals surface area contributed by atoms with E-state index in [0.717, 1.165) is 47.2 Å². The Morgan fingerprint density at radius 3 is 2.59 bits per heavy atom. The van der Waals surface area contributed by atoms with Gasteiger partial charge in [0.2, 0.25) is 0 Å². The summed E-state index contributed by atoms with van der Waals surface area (Å²) in [7, 11) is 0. The molecule has 2 aromatic rings. The van der Waals surface area contributed by atoms with Gasteiger partial charge in [-0.15, -0.1) is 5.10 Å². The zero-order chi connectivity index (χ0) is 15.5. The molecule has 6 heteroatoms. The van der Waals surface area contributed by atoms with Crippen molar-refractivity contribution >= 4 is 11.6 Å². The lowest BCUT2D eigenvalue weighted by Crippen LogP contribution is -2.16. The normalized spacial score (nSPS) is 14.9. The van der Waals surface area contributed by atoms with Crippen molar-refractivity contribution in [3.63, 3.8) is 0 Å². The third kappa shape index (κ3) is 3.04. The molecule has 0 amide bonds.